The lowest BCUT2D eigenvalue weighted by atomic mass is 10.0. The number of benzene rings is 3. The van der Waals surface area contributed by atoms with Gasteiger partial charge in [0, 0.05) is 18.7 Å². The number of rotatable bonds is 8. The largest absolute Gasteiger partial charge is 0.495 e. The van der Waals surface area contributed by atoms with Crippen molar-refractivity contribution in [3.8, 4) is 11.5 Å². The van der Waals surface area contributed by atoms with E-state index in [-0.39, 0.29) is 22.7 Å². The number of anilines is 1. The fourth-order valence-corrected chi connectivity index (χ4v) is 5.68. The molecule has 0 unspecified atom stereocenters. The van der Waals surface area contributed by atoms with Crippen molar-refractivity contribution < 1.29 is 27.4 Å². The number of methoxy groups -OCH3 is 2. The van der Waals surface area contributed by atoms with Crippen molar-refractivity contribution in [2.45, 2.75) is 37.9 Å². The third-order valence-corrected chi connectivity index (χ3v) is 7.93. The predicted octanol–water partition coefficient (Wildman–Crippen LogP) is 4.34. The van der Waals surface area contributed by atoms with Crippen molar-refractivity contribution in [1.82, 2.24) is 4.90 Å². The Balaban J connectivity index is 1.53. The molecule has 3 aromatic rings. The molecule has 2 atom stereocenters. The van der Waals surface area contributed by atoms with E-state index in [0.29, 0.717) is 30.1 Å². The molecule has 1 aliphatic heterocycles. The third kappa shape index (κ3) is 5.73. The van der Waals surface area contributed by atoms with Crippen LogP contribution in [0.4, 0.5) is 5.69 Å². The molecular weight excluding hydrogens is 492 g/mol. The van der Waals surface area contributed by atoms with Gasteiger partial charge in [-0.05, 0) is 56.2 Å². The molecule has 3 aromatic carbocycles. The number of likely N-dealkylation sites (tertiary alicyclic amines) is 1. The second kappa shape index (κ2) is 10.8. The van der Waals surface area contributed by atoms with Crippen LogP contribution in [0.25, 0.3) is 0 Å². The van der Waals surface area contributed by atoms with Gasteiger partial charge >= 0.3 is 0 Å². The Kier molecular flexibility index (Phi) is 7.75. The molecule has 0 aromatic heterocycles. The zero-order valence-electron chi connectivity index (χ0n) is 21.6. The normalized spacial score (nSPS) is 17.5. The average molecular weight is 525 g/mol. The standard InChI is InChI=1S/C28H32N2O6S/c1-18-10-11-19(2)22(14-18)28(31)30-16-25(35-5)26(17-30)36-21-13-12-20(3)23(15-21)29-37(32,33)27-9-7-6-8-24(27)34-4/h6-15,25-26,29H,16-17H2,1-5H3/t25-,26-/m1/s1. The molecule has 8 nitrogen and oxygen atoms in total. The van der Waals surface area contributed by atoms with Gasteiger partial charge in [0.1, 0.15) is 28.6 Å². The molecule has 4 rings (SSSR count). The first-order valence-electron chi connectivity index (χ1n) is 12.0. The highest BCUT2D eigenvalue weighted by atomic mass is 32.2. The Morgan fingerprint density at radius 3 is 2.35 bits per heavy atom. The van der Waals surface area contributed by atoms with E-state index >= 15 is 0 Å². The smallest absolute Gasteiger partial charge is 0.265 e. The first-order valence-corrected chi connectivity index (χ1v) is 13.4. The van der Waals surface area contributed by atoms with E-state index in [1.165, 1.54) is 13.2 Å². The number of hydrogen-bond donors (Lipinski definition) is 1. The number of ether oxygens (including phenoxy) is 3. The van der Waals surface area contributed by atoms with E-state index in [1.807, 2.05) is 39.0 Å². The van der Waals surface area contributed by atoms with Crippen LogP contribution in [-0.2, 0) is 14.8 Å². The van der Waals surface area contributed by atoms with Crippen molar-refractivity contribution in [1.29, 1.82) is 0 Å². The number of para-hydroxylation sites is 1. The molecule has 37 heavy (non-hydrogen) atoms. The van der Waals surface area contributed by atoms with E-state index in [0.717, 1.165) is 16.7 Å². The Labute approximate surface area is 218 Å². The molecule has 1 fully saturated rings. The summed E-state index contributed by atoms with van der Waals surface area (Å²) in [5.74, 6) is 0.655. The number of carbonyl (C=O) groups is 1. The molecule has 0 saturated carbocycles. The van der Waals surface area contributed by atoms with Crippen molar-refractivity contribution in [3.05, 3.63) is 82.9 Å². The van der Waals surface area contributed by atoms with E-state index in [9.17, 15) is 13.2 Å². The van der Waals surface area contributed by atoms with Gasteiger partial charge in [-0.25, -0.2) is 8.42 Å². The summed E-state index contributed by atoms with van der Waals surface area (Å²) < 4.78 is 45.9. The maximum atomic E-state index is 13.2. The lowest BCUT2D eigenvalue weighted by Crippen LogP contribution is -2.32. The van der Waals surface area contributed by atoms with E-state index in [2.05, 4.69) is 4.72 Å². The van der Waals surface area contributed by atoms with Crippen LogP contribution >= 0.6 is 0 Å². The van der Waals surface area contributed by atoms with Crippen molar-refractivity contribution in [2.75, 3.05) is 32.0 Å². The monoisotopic (exact) mass is 524 g/mol. The van der Waals surface area contributed by atoms with Crippen LogP contribution in [0.15, 0.2) is 65.6 Å². The topological polar surface area (TPSA) is 94.2 Å². The summed E-state index contributed by atoms with van der Waals surface area (Å²) in [7, 11) is -0.886. The first kappa shape index (κ1) is 26.5. The second-order valence-electron chi connectivity index (χ2n) is 9.19. The fraction of sp³-hybridized carbons (Fsp3) is 0.321. The highest BCUT2D eigenvalue weighted by Crippen LogP contribution is 2.30. The van der Waals surface area contributed by atoms with Gasteiger partial charge in [-0.15, -0.1) is 0 Å². The van der Waals surface area contributed by atoms with Gasteiger partial charge in [-0.1, -0.05) is 35.9 Å². The summed E-state index contributed by atoms with van der Waals surface area (Å²) in [5, 5.41) is 0. The highest BCUT2D eigenvalue weighted by molar-refractivity contribution is 7.92. The Morgan fingerprint density at radius 2 is 1.62 bits per heavy atom. The third-order valence-electron chi connectivity index (χ3n) is 6.53. The zero-order chi connectivity index (χ0) is 26.7. The van der Waals surface area contributed by atoms with Crippen LogP contribution in [0.2, 0.25) is 0 Å². The molecule has 1 N–H and O–H groups in total. The van der Waals surface area contributed by atoms with Crippen molar-refractivity contribution in [2.24, 2.45) is 0 Å². The van der Waals surface area contributed by atoms with Crippen molar-refractivity contribution in [3.63, 3.8) is 0 Å². The van der Waals surface area contributed by atoms with Crippen LogP contribution in [-0.4, -0.2) is 58.7 Å². The number of carbonyl (C=O) groups excluding carboxylic acids is 1. The minimum Gasteiger partial charge on any atom is -0.495 e. The molecule has 0 bridgehead atoms. The maximum Gasteiger partial charge on any atom is 0.265 e. The number of nitrogens with one attached hydrogen (secondary N) is 1. The van der Waals surface area contributed by atoms with Gasteiger partial charge in [0.2, 0.25) is 0 Å². The molecule has 1 amide bonds. The SMILES string of the molecule is COc1ccccc1S(=O)(=O)Nc1cc(O[C@@H]2CN(C(=O)c3cc(C)ccc3C)C[C@H]2OC)ccc1C. The molecular formula is C28H32N2O6S. The predicted molar refractivity (Wildman–Crippen MR) is 142 cm³/mol. The van der Waals surface area contributed by atoms with Gasteiger partial charge in [0.15, 0.2) is 0 Å². The van der Waals surface area contributed by atoms with Crippen LogP contribution in [0, 0.1) is 20.8 Å². The van der Waals surface area contributed by atoms with E-state index in [1.54, 1.807) is 48.4 Å². The number of sulfonamides is 1. The van der Waals surface area contributed by atoms with Crippen LogP contribution in [0.3, 0.4) is 0 Å². The van der Waals surface area contributed by atoms with Crippen LogP contribution in [0.1, 0.15) is 27.0 Å². The molecule has 9 heteroatoms. The summed E-state index contributed by atoms with van der Waals surface area (Å²) >= 11 is 0. The minimum absolute atomic E-state index is 0.0408. The molecule has 0 radical (unpaired) electrons. The van der Waals surface area contributed by atoms with Crippen LogP contribution < -0.4 is 14.2 Å². The maximum absolute atomic E-state index is 13.2. The summed E-state index contributed by atoms with van der Waals surface area (Å²) in [6, 6.07) is 17.5. The van der Waals surface area contributed by atoms with Crippen molar-refractivity contribution >= 4 is 21.6 Å². The number of amides is 1. The Morgan fingerprint density at radius 1 is 0.919 bits per heavy atom. The van der Waals surface area contributed by atoms with Gasteiger partial charge < -0.3 is 19.1 Å². The molecule has 1 aliphatic rings. The highest BCUT2D eigenvalue weighted by Gasteiger charge is 2.38. The second-order valence-corrected chi connectivity index (χ2v) is 10.8. The number of nitrogens with zero attached hydrogens (tertiary/aromatic N) is 1. The van der Waals surface area contributed by atoms with Gasteiger partial charge in [0.05, 0.1) is 25.9 Å². The zero-order valence-corrected chi connectivity index (χ0v) is 22.5. The first-order chi connectivity index (χ1) is 17.6. The van der Waals surface area contributed by atoms with E-state index < -0.39 is 16.1 Å². The molecule has 0 spiro atoms. The lowest BCUT2D eigenvalue weighted by Gasteiger charge is -2.20. The lowest BCUT2D eigenvalue weighted by molar-refractivity contribution is 0.0340. The van der Waals surface area contributed by atoms with E-state index in [4.69, 9.17) is 14.2 Å². The quantitative estimate of drug-likeness (QED) is 0.471. The molecule has 196 valence electrons. The minimum atomic E-state index is -3.90. The summed E-state index contributed by atoms with van der Waals surface area (Å²) in [6.07, 6.45) is -0.746. The van der Waals surface area contributed by atoms with Crippen LogP contribution in [0.5, 0.6) is 11.5 Å². The summed E-state index contributed by atoms with van der Waals surface area (Å²) in [6.45, 7) is 6.43. The Hall–Kier alpha value is -3.56. The summed E-state index contributed by atoms with van der Waals surface area (Å²) in [5.41, 5.74) is 3.72. The molecule has 0 aliphatic carbocycles. The van der Waals surface area contributed by atoms with Gasteiger partial charge in [-0.3, -0.25) is 9.52 Å². The Bertz CT molecular complexity index is 1410. The number of aryl methyl sites for hydroxylation is 3. The van der Waals surface area contributed by atoms with Gasteiger partial charge in [0.25, 0.3) is 15.9 Å². The summed E-state index contributed by atoms with van der Waals surface area (Å²) in [4.78, 5) is 15.0. The molecule has 1 heterocycles. The molecule has 1 saturated heterocycles. The average Bonchev–Trinajstić information content (AvgIpc) is 3.29. The number of hydrogen-bond acceptors (Lipinski definition) is 6. The fourth-order valence-electron chi connectivity index (χ4n) is 4.39. The van der Waals surface area contributed by atoms with Gasteiger partial charge in [-0.2, -0.15) is 0 Å².